The number of halogens is 4. The standard InChI is InChI=1S/C22H13Br2Cl2N3O3/c23-16-7-12(8-17(24)20(16)32-11-13-5-6-14(25)9-18(13)26)10-27-29-21(30)15-3-1-2-4-19(15)28-22(29)31/h1-10H,11H2,(H,28,31). The minimum absolute atomic E-state index is 0.239. The van der Waals surface area contributed by atoms with E-state index in [4.69, 9.17) is 27.9 Å². The maximum Gasteiger partial charge on any atom is 0.349 e. The number of hydrogen-bond donors (Lipinski definition) is 1. The molecule has 0 aliphatic heterocycles. The van der Waals surface area contributed by atoms with E-state index in [0.29, 0.717) is 41.2 Å². The van der Waals surface area contributed by atoms with Gasteiger partial charge in [-0.25, -0.2) is 4.79 Å². The fourth-order valence-corrected chi connectivity index (χ4v) is 4.88. The molecule has 0 saturated heterocycles. The van der Waals surface area contributed by atoms with E-state index in [2.05, 4.69) is 41.9 Å². The summed E-state index contributed by atoms with van der Waals surface area (Å²) in [7, 11) is 0. The molecular weight excluding hydrogens is 585 g/mol. The quantitative estimate of drug-likeness (QED) is 0.288. The fraction of sp³-hybridized carbons (Fsp3) is 0.0455. The molecule has 0 aliphatic rings. The highest BCUT2D eigenvalue weighted by atomic mass is 79.9. The molecule has 0 fully saturated rings. The number of H-pyrrole nitrogens is 1. The summed E-state index contributed by atoms with van der Waals surface area (Å²) < 4.78 is 7.99. The topological polar surface area (TPSA) is 76.5 Å². The van der Waals surface area contributed by atoms with Crippen molar-refractivity contribution >= 4 is 72.2 Å². The lowest BCUT2D eigenvalue weighted by atomic mass is 10.2. The monoisotopic (exact) mass is 595 g/mol. The average molecular weight is 598 g/mol. The van der Waals surface area contributed by atoms with Crippen LogP contribution >= 0.6 is 55.1 Å². The summed E-state index contributed by atoms with van der Waals surface area (Å²) in [6.07, 6.45) is 1.42. The van der Waals surface area contributed by atoms with E-state index in [1.807, 2.05) is 0 Å². The van der Waals surface area contributed by atoms with Crippen LogP contribution in [0.3, 0.4) is 0 Å². The number of fused-ring (bicyclic) bond motifs is 1. The summed E-state index contributed by atoms with van der Waals surface area (Å²) >= 11 is 19.1. The van der Waals surface area contributed by atoms with Crippen molar-refractivity contribution in [3.05, 3.63) is 106 Å². The Bertz CT molecular complexity index is 1460. The zero-order valence-electron chi connectivity index (χ0n) is 16.1. The number of aromatic amines is 1. The van der Waals surface area contributed by atoms with Crippen LogP contribution < -0.4 is 16.0 Å². The van der Waals surface area contributed by atoms with Crippen LogP contribution in [0.25, 0.3) is 10.9 Å². The Morgan fingerprint density at radius 3 is 2.47 bits per heavy atom. The van der Waals surface area contributed by atoms with Gasteiger partial charge in [-0.15, -0.1) is 4.68 Å². The molecule has 1 aromatic heterocycles. The number of aromatic nitrogens is 2. The van der Waals surface area contributed by atoms with Gasteiger partial charge in [-0.05, 0) is 73.8 Å². The fourth-order valence-electron chi connectivity index (χ4n) is 2.96. The van der Waals surface area contributed by atoms with Gasteiger partial charge >= 0.3 is 5.69 Å². The van der Waals surface area contributed by atoms with Gasteiger partial charge in [-0.1, -0.05) is 41.4 Å². The Morgan fingerprint density at radius 2 is 1.75 bits per heavy atom. The van der Waals surface area contributed by atoms with Gasteiger partial charge in [-0.3, -0.25) is 4.79 Å². The minimum atomic E-state index is -0.622. The van der Waals surface area contributed by atoms with Crippen molar-refractivity contribution in [2.45, 2.75) is 6.61 Å². The summed E-state index contributed by atoms with van der Waals surface area (Å²) in [6, 6.07) is 15.5. The molecule has 0 aliphatic carbocycles. The maximum atomic E-state index is 12.6. The summed E-state index contributed by atoms with van der Waals surface area (Å²) in [5, 5.41) is 5.51. The highest BCUT2D eigenvalue weighted by Gasteiger charge is 2.11. The van der Waals surface area contributed by atoms with E-state index in [0.717, 1.165) is 10.2 Å². The normalized spacial score (nSPS) is 11.4. The predicted molar refractivity (Wildman–Crippen MR) is 134 cm³/mol. The van der Waals surface area contributed by atoms with Crippen molar-refractivity contribution in [2.24, 2.45) is 5.10 Å². The van der Waals surface area contributed by atoms with Crippen LogP contribution in [0.15, 0.2) is 78.2 Å². The van der Waals surface area contributed by atoms with Crippen molar-refractivity contribution in [3.8, 4) is 5.75 Å². The third-order valence-electron chi connectivity index (χ3n) is 4.51. The highest BCUT2D eigenvalue weighted by Crippen LogP contribution is 2.35. The number of hydrogen-bond acceptors (Lipinski definition) is 4. The zero-order valence-corrected chi connectivity index (χ0v) is 20.8. The molecule has 4 aromatic rings. The van der Waals surface area contributed by atoms with Crippen molar-refractivity contribution in [1.82, 2.24) is 9.66 Å². The van der Waals surface area contributed by atoms with Crippen LogP contribution in [-0.2, 0) is 6.61 Å². The average Bonchev–Trinajstić information content (AvgIpc) is 2.74. The number of rotatable bonds is 5. The molecule has 0 amide bonds. The van der Waals surface area contributed by atoms with Gasteiger partial charge in [0.25, 0.3) is 5.56 Å². The van der Waals surface area contributed by atoms with E-state index in [-0.39, 0.29) is 6.61 Å². The van der Waals surface area contributed by atoms with Gasteiger partial charge in [0.2, 0.25) is 0 Å². The Balaban J connectivity index is 1.60. The van der Waals surface area contributed by atoms with Crippen LogP contribution in [0.2, 0.25) is 10.0 Å². The molecule has 3 aromatic carbocycles. The molecule has 0 spiro atoms. The SMILES string of the molecule is O=c1[nH]c2ccccc2c(=O)n1N=Cc1cc(Br)c(OCc2ccc(Cl)cc2Cl)c(Br)c1. The molecule has 0 atom stereocenters. The van der Waals surface area contributed by atoms with Crippen LogP contribution in [0.1, 0.15) is 11.1 Å². The van der Waals surface area contributed by atoms with Gasteiger partial charge in [0.1, 0.15) is 12.4 Å². The second-order valence-corrected chi connectivity index (χ2v) is 9.23. The summed E-state index contributed by atoms with van der Waals surface area (Å²) in [4.78, 5) is 27.5. The number of para-hydroxylation sites is 1. The van der Waals surface area contributed by atoms with Crippen molar-refractivity contribution < 1.29 is 4.74 Å². The molecule has 0 bridgehead atoms. The molecule has 0 radical (unpaired) electrons. The largest absolute Gasteiger partial charge is 0.486 e. The van der Waals surface area contributed by atoms with E-state index < -0.39 is 11.2 Å². The zero-order chi connectivity index (χ0) is 22.8. The first-order valence-electron chi connectivity index (χ1n) is 9.17. The summed E-state index contributed by atoms with van der Waals surface area (Å²) in [5.74, 6) is 0.564. The summed E-state index contributed by atoms with van der Waals surface area (Å²) in [5.41, 5.74) is 0.763. The Labute approximate surface area is 208 Å². The summed E-state index contributed by atoms with van der Waals surface area (Å²) in [6.45, 7) is 0.239. The second-order valence-electron chi connectivity index (χ2n) is 6.68. The van der Waals surface area contributed by atoms with E-state index in [1.54, 1.807) is 54.6 Å². The minimum Gasteiger partial charge on any atom is -0.486 e. The van der Waals surface area contributed by atoms with Crippen molar-refractivity contribution in [3.63, 3.8) is 0 Å². The number of nitrogens with zero attached hydrogens (tertiary/aromatic N) is 2. The molecule has 32 heavy (non-hydrogen) atoms. The molecule has 0 saturated carbocycles. The van der Waals surface area contributed by atoms with Gasteiger partial charge in [0, 0.05) is 15.6 Å². The van der Waals surface area contributed by atoms with Gasteiger partial charge < -0.3 is 9.72 Å². The van der Waals surface area contributed by atoms with Crippen molar-refractivity contribution in [2.75, 3.05) is 0 Å². The van der Waals surface area contributed by atoms with Gasteiger partial charge in [0.15, 0.2) is 0 Å². The van der Waals surface area contributed by atoms with Crippen LogP contribution in [-0.4, -0.2) is 15.9 Å². The predicted octanol–water partition coefficient (Wildman–Crippen LogP) is 5.98. The number of ether oxygens (including phenoxy) is 1. The van der Waals surface area contributed by atoms with E-state index >= 15 is 0 Å². The third kappa shape index (κ3) is 4.83. The molecule has 4 rings (SSSR count). The Kier molecular flexibility index (Phi) is 6.85. The first-order chi connectivity index (χ1) is 15.3. The molecule has 6 nitrogen and oxygen atoms in total. The third-order valence-corrected chi connectivity index (χ3v) is 6.28. The first kappa shape index (κ1) is 22.8. The second kappa shape index (κ2) is 9.62. The number of nitrogens with one attached hydrogen (secondary N) is 1. The number of benzene rings is 3. The lowest BCUT2D eigenvalue weighted by molar-refractivity contribution is 0.302. The van der Waals surface area contributed by atoms with Crippen LogP contribution in [0, 0.1) is 0 Å². The lowest BCUT2D eigenvalue weighted by Crippen LogP contribution is -2.32. The Morgan fingerprint density at radius 1 is 1.03 bits per heavy atom. The lowest BCUT2D eigenvalue weighted by Gasteiger charge is -2.12. The molecule has 0 unspecified atom stereocenters. The molecule has 162 valence electrons. The van der Waals surface area contributed by atoms with Gasteiger partial charge in [-0.2, -0.15) is 5.10 Å². The van der Waals surface area contributed by atoms with E-state index in [9.17, 15) is 9.59 Å². The van der Waals surface area contributed by atoms with Crippen molar-refractivity contribution in [1.29, 1.82) is 0 Å². The molecule has 10 heteroatoms. The van der Waals surface area contributed by atoms with E-state index in [1.165, 1.54) is 6.21 Å². The van der Waals surface area contributed by atoms with Crippen LogP contribution in [0.5, 0.6) is 5.75 Å². The smallest absolute Gasteiger partial charge is 0.349 e. The van der Waals surface area contributed by atoms with Gasteiger partial charge in [0.05, 0.1) is 26.1 Å². The Hall–Kier alpha value is -2.39. The highest BCUT2D eigenvalue weighted by molar-refractivity contribution is 9.11. The molecule has 1 N–H and O–H groups in total. The molecular formula is C22H13Br2Cl2N3O3. The first-order valence-corrected chi connectivity index (χ1v) is 11.5. The van der Waals surface area contributed by atoms with Crippen LogP contribution in [0.4, 0.5) is 0 Å². The molecule has 1 heterocycles. The maximum absolute atomic E-state index is 12.6.